The molecule has 2 rings (SSSR count). The number of ether oxygens (including phenoxy) is 1. The summed E-state index contributed by atoms with van der Waals surface area (Å²) in [6.45, 7) is 3.67. The third-order valence-corrected chi connectivity index (χ3v) is 2.29. The SMILES string of the molecule is C=C1CC(=O)OC1C(=O)c1ccccc1. The van der Waals surface area contributed by atoms with E-state index in [1.807, 2.05) is 6.07 Å². The summed E-state index contributed by atoms with van der Waals surface area (Å²) in [5.74, 6) is -0.583. The lowest BCUT2D eigenvalue weighted by Crippen LogP contribution is -2.21. The number of rotatable bonds is 2. The maximum Gasteiger partial charge on any atom is 0.311 e. The van der Waals surface area contributed by atoms with Gasteiger partial charge in [-0.1, -0.05) is 36.9 Å². The predicted octanol–water partition coefficient (Wildman–Crippen LogP) is 1.74. The zero-order valence-electron chi connectivity index (χ0n) is 8.10. The van der Waals surface area contributed by atoms with E-state index < -0.39 is 6.10 Å². The van der Waals surface area contributed by atoms with Crippen LogP contribution in [-0.2, 0) is 9.53 Å². The molecule has 1 aromatic rings. The Balaban J connectivity index is 2.23. The normalized spacial score (nSPS) is 20.1. The Morgan fingerprint density at radius 1 is 1.33 bits per heavy atom. The number of carbonyl (C=O) groups excluding carboxylic acids is 2. The van der Waals surface area contributed by atoms with Gasteiger partial charge in [0, 0.05) is 5.56 Å². The standard InChI is InChI=1S/C12H10O3/c1-8-7-10(13)15-12(8)11(14)9-5-3-2-4-6-9/h2-6,12H,1,7H2. The molecule has 1 fully saturated rings. The molecule has 76 valence electrons. The quantitative estimate of drug-likeness (QED) is 0.417. The van der Waals surface area contributed by atoms with E-state index in [0.717, 1.165) is 0 Å². The first-order valence-corrected chi connectivity index (χ1v) is 4.65. The van der Waals surface area contributed by atoms with Gasteiger partial charge in [0.2, 0.25) is 5.78 Å². The average Bonchev–Trinajstić information content (AvgIpc) is 2.58. The second kappa shape index (κ2) is 3.69. The number of cyclic esters (lactones) is 1. The van der Waals surface area contributed by atoms with Crippen molar-refractivity contribution in [2.75, 3.05) is 0 Å². The highest BCUT2D eigenvalue weighted by Crippen LogP contribution is 2.22. The van der Waals surface area contributed by atoms with E-state index >= 15 is 0 Å². The van der Waals surface area contributed by atoms with E-state index in [0.29, 0.717) is 11.1 Å². The molecule has 1 atom stereocenters. The summed E-state index contributed by atoms with van der Waals surface area (Å²) in [4.78, 5) is 22.8. The zero-order valence-corrected chi connectivity index (χ0v) is 8.10. The molecule has 1 aliphatic rings. The number of hydrogen-bond donors (Lipinski definition) is 0. The number of carbonyl (C=O) groups is 2. The lowest BCUT2D eigenvalue weighted by atomic mass is 10.0. The molecular weight excluding hydrogens is 192 g/mol. The maximum absolute atomic E-state index is 11.9. The zero-order chi connectivity index (χ0) is 10.8. The molecular formula is C12H10O3. The molecule has 0 N–H and O–H groups in total. The van der Waals surface area contributed by atoms with E-state index in [2.05, 4.69) is 6.58 Å². The Hall–Kier alpha value is -1.90. The van der Waals surface area contributed by atoms with Gasteiger partial charge in [-0.25, -0.2) is 0 Å². The van der Waals surface area contributed by atoms with Crippen molar-refractivity contribution in [3.63, 3.8) is 0 Å². The van der Waals surface area contributed by atoms with Crippen molar-refractivity contribution >= 4 is 11.8 Å². The van der Waals surface area contributed by atoms with Gasteiger partial charge < -0.3 is 4.74 Å². The third kappa shape index (κ3) is 1.81. The van der Waals surface area contributed by atoms with Gasteiger partial charge in [-0.15, -0.1) is 0 Å². The molecule has 0 saturated carbocycles. The third-order valence-electron chi connectivity index (χ3n) is 2.29. The first-order chi connectivity index (χ1) is 7.18. The van der Waals surface area contributed by atoms with Crippen LogP contribution in [0.2, 0.25) is 0 Å². The van der Waals surface area contributed by atoms with Gasteiger partial charge in [-0.05, 0) is 5.57 Å². The molecule has 3 heteroatoms. The van der Waals surface area contributed by atoms with Crippen LogP contribution in [-0.4, -0.2) is 17.9 Å². The number of Topliss-reactive ketones (excluding diaryl/α,β-unsaturated/α-hetero) is 1. The summed E-state index contributed by atoms with van der Waals surface area (Å²) in [6, 6.07) is 8.76. The minimum Gasteiger partial charge on any atom is -0.449 e. The summed E-state index contributed by atoms with van der Waals surface area (Å²) in [6.07, 6.45) is -0.650. The number of hydrogen-bond acceptors (Lipinski definition) is 3. The van der Waals surface area contributed by atoms with Crippen molar-refractivity contribution in [3.8, 4) is 0 Å². The Kier molecular flexibility index (Phi) is 2.37. The van der Waals surface area contributed by atoms with Gasteiger partial charge in [0.1, 0.15) is 0 Å². The van der Waals surface area contributed by atoms with E-state index in [4.69, 9.17) is 4.74 Å². The minimum absolute atomic E-state index is 0.142. The monoisotopic (exact) mass is 202 g/mol. The molecule has 0 spiro atoms. The molecule has 15 heavy (non-hydrogen) atoms. The topological polar surface area (TPSA) is 43.4 Å². The molecule has 0 aromatic heterocycles. The van der Waals surface area contributed by atoms with Crippen molar-refractivity contribution in [2.45, 2.75) is 12.5 Å². The van der Waals surface area contributed by atoms with Crippen LogP contribution in [0.15, 0.2) is 42.5 Å². The van der Waals surface area contributed by atoms with Crippen LogP contribution in [0.1, 0.15) is 16.8 Å². The van der Waals surface area contributed by atoms with Crippen LogP contribution >= 0.6 is 0 Å². The van der Waals surface area contributed by atoms with Crippen LogP contribution in [0.3, 0.4) is 0 Å². The van der Waals surface area contributed by atoms with Crippen LogP contribution in [0.5, 0.6) is 0 Å². The molecule has 1 aliphatic heterocycles. The van der Waals surface area contributed by atoms with Gasteiger partial charge in [0.05, 0.1) is 6.42 Å². The van der Waals surface area contributed by atoms with Gasteiger partial charge in [-0.3, -0.25) is 9.59 Å². The summed E-state index contributed by atoms with van der Waals surface area (Å²) in [5.41, 5.74) is 1.08. The lowest BCUT2D eigenvalue weighted by Gasteiger charge is -2.08. The molecule has 1 aromatic carbocycles. The molecule has 1 unspecified atom stereocenters. The summed E-state index contributed by atoms with van der Waals surface area (Å²) >= 11 is 0. The highest BCUT2D eigenvalue weighted by atomic mass is 16.6. The van der Waals surface area contributed by atoms with Crippen LogP contribution < -0.4 is 0 Å². The van der Waals surface area contributed by atoms with Crippen molar-refractivity contribution < 1.29 is 14.3 Å². The molecule has 0 aliphatic carbocycles. The Morgan fingerprint density at radius 3 is 2.53 bits per heavy atom. The first kappa shape index (κ1) is 9.65. The average molecular weight is 202 g/mol. The molecule has 1 saturated heterocycles. The second-order valence-corrected chi connectivity index (χ2v) is 3.44. The van der Waals surface area contributed by atoms with Crippen molar-refractivity contribution in [1.29, 1.82) is 0 Å². The largest absolute Gasteiger partial charge is 0.449 e. The number of ketones is 1. The first-order valence-electron chi connectivity index (χ1n) is 4.65. The van der Waals surface area contributed by atoms with Gasteiger partial charge in [-0.2, -0.15) is 0 Å². The highest BCUT2D eigenvalue weighted by molar-refractivity contribution is 6.04. The van der Waals surface area contributed by atoms with Crippen molar-refractivity contribution in [2.24, 2.45) is 0 Å². The maximum atomic E-state index is 11.9. The Bertz CT molecular complexity index is 420. The van der Waals surface area contributed by atoms with Crippen molar-refractivity contribution in [1.82, 2.24) is 0 Å². The summed E-state index contributed by atoms with van der Waals surface area (Å²) < 4.78 is 4.90. The number of esters is 1. The van der Waals surface area contributed by atoms with Crippen LogP contribution in [0.4, 0.5) is 0 Å². The van der Waals surface area contributed by atoms with Crippen molar-refractivity contribution in [3.05, 3.63) is 48.0 Å². The molecule has 0 bridgehead atoms. The van der Waals surface area contributed by atoms with Gasteiger partial charge >= 0.3 is 5.97 Å². The second-order valence-electron chi connectivity index (χ2n) is 3.44. The lowest BCUT2D eigenvalue weighted by molar-refractivity contribution is -0.140. The van der Waals surface area contributed by atoms with E-state index in [1.165, 1.54) is 0 Å². The Labute approximate surface area is 87.4 Å². The highest BCUT2D eigenvalue weighted by Gasteiger charge is 2.33. The Morgan fingerprint density at radius 2 is 2.00 bits per heavy atom. The van der Waals surface area contributed by atoms with Gasteiger partial charge in [0.15, 0.2) is 6.10 Å². The van der Waals surface area contributed by atoms with Crippen LogP contribution in [0, 0.1) is 0 Å². The molecule has 3 nitrogen and oxygen atoms in total. The van der Waals surface area contributed by atoms with Crippen LogP contribution in [0.25, 0.3) is 0 Å². The van der Waals surface area contributed by atoms with Gasteiger partial charge in [0.25, 0.3) is 0 Å². The fourth-order valence-electron chi connectivity index (χ4n) is 1.53. The molecule has 0 amide bonds. The fourth-order valence-corrected chi connectivity index (χ4v) is 1.53. The summed E-state index contributed by atoms with van der Waals surface area (Å²) in [7, 11) is 0. The fraction of sp³-hybridized carbons (Fsp3) is 0.167. The summed E-state index contributed by atoms with van der Waals surface area (Å²) in [5, 5.41) is 0. The number of benzene rings is 1. The molecule has 0 radical (unpaired) electrons. The minimum atomic E-state index is -0.792. The van der Waals surface area contributed by atoms with E-state index in [1.54, 1.807) is 24.3 Å². The van der Waals surface area contributed by atoms with E-state index in [9.17, 15) is 9.59 Å². The smallest absolute Gasteiger partial charge is 0.311 e. The predicted molar refractivity (Wildman–Crippen MR) is 54.4 cm³/mol. The van der Waals surface area contributed by atoms with E-state index in [-0.39, 0.29) is 18.2 Å². The molecule has 1 heterocycles.